The highest BCUT2D eigenvalue weighted by molar-refractivity contribution is 5.93. The normalized spacial score (nSPS) is 16.5. The Morgan fingerprint density at radius 3 is 2.12 bits per heavy atom. The Morgan fingerprint density at radius 1 is 0.942 bits per heavy atom. The van der Waals surface area contributed by atoms with Crippen LogP contribution < -0.4 is 21.7 Å². The highest BCUT2D eigenvalue weighted by atomic mass is 16.6. The van der Waals surface area contributed by atoms with Crippen LogP contribution >= 0.6 is 0 Å². The summed E-state index contributed by atoms with van der Waals surface area (Å²) in [5, 5.41) is 18.3. The summed E-state index contributed by atoms with van der Waals surface area (Å²) in [5.74, 6) is -3.18. The number of ether oxygens (including phenoxy) is 2. The van der Waals surface area contributed by atoms with Crippen LogP contribution in [0.4, 0.5) is 9.59 Å². The molecule has 1 aromatic carbocycles. The third kappa shape index (κ3) is 12.1. The van der Waals surface area contributed by atoms with Crippen molar-refractivity contribution in [2.75, 3.05) is 6.54 Å². The van der Waals surface area contributed by atoms with Crippen molar-refractivity contribution in [2.24, 2.45) is 11.1 Å². The molecule has 4 atom stereocenters. The van der Waals surface area contributed by atoms with E-state index < -0.39 is 76.7 Å². The zero-order valence-corrected chi connectivity index (χ0v) is 31.4. The molecule has 6 N–H and O–H groups in total. The molecule has 0 spiro atoms. The van der Waals surface area contributed by atoms with Crippen LogP contribution in [0.1, 0.15) is 98.0 Å². The van der Waals surface area contributed by atoms with Crippen LogP contribution in [0.3, 0.4) is 0 Å². The van der Waals surface area contributed by atoms with Gasteiger partial charge in [-0.2, -0.15) is 0 Å². The summed E-state index contributed by atoms with van der Waals surface area (Å²) in [6, 6.07) is 3.05. The lowest BCUT2D eigenvalue weighted by atomic mass is 9.84. The number of benzene rings is 1. The Bertz CT molecular complexity index is 1640. The van der Waals surface area contributed by atoms with Crippen LogP contribution in [0.2, 0.25) is 0 Å². The van der Waals surface area contributed by atoms with Crippen LogP contribution in [-0.4, -0.2) is 91.3 Å². The Labute approximate surface area is 304 Å². The Morgan fingerprint density at radius 2 is 1.56 bits per heavy atom. The van der Waals surface area contributed by atoms with Gasteiger partial charge in [0.05, 0.1) is 17.8 Å². The van der Waals surface area contributed by atoms with Gasteiger partial charge in [0, 0.05) is 32.1 Å². The second-order valence-corrected chi connectivity index (χ2v) is 16.0. The number of nitrogens with zero attached hydrogens (tertiary/aromatic N) is 3. The number of nitrogens with one attached hydrogen (secondary N) is 3. The first-order valence-electron chi connectivity index (χ1n) is 17.1. The van der Waals surface area contributed by atoms with E-state index in [4.69, 9.17) is 15.2 Å². The third-order valence-electron chi connectivity index (χ3n) is 8.02. The topological polar surface area (TPSA) is 224 Å². The van der Waals surface area contributed by atoms with Crippen LogP contribution in [0.15, 0.2) is 36.8 Å². The Balaban J connectivity index is 1.95. The molecule has 1 aromatic heterocycles. The molecule has 0 fully saturated rings. The molecule has 3 rings (SSSR count). The number of aromatic nitrogens is 2. The minimum Gasteiger partial charge on any atom is -0.480 e. The summed E-state index contributed by atoms with van der Waals surface area (Å²) in [6.45, 7) is 15.9. The summed E-state index contributed by atoms with van der Waals surface area (Å²) >= 11 is 0. The number of aliphatic carboxylic acids is 1. The molecule has 1 aliphatic heterocycles. The van der Waals surface area contributed by atoms with E-state index in [1.807, 2.05) is 45.0 Å². The van der Waals surface area contributed by atoms with Crippen molar-refractivity contribution >= 4 is 35.9 Å². The lowest BCUT2D eigenvalue weighted by Crippen LogP contribution is -2.61. The summed E-state index contributed by atoms with van der Waals surface area (Å²) in [7, 11) is 0. The van der Waals surface area contributed by atoms with Crippen molar-refractivity contribution in [3.05, 3.63) is 53.6 Å². The molecule has 0 aliphatic carbocycles. The number of carbonyl (C=O) groups is 6. The summed E-state index contributed by atoms with van der Waals surface area (Å²) in [6.07, 6.45) is 0.920. The molecule has 1 unspecified atom stereocenters. The maximum atomic E-state index is 14.6. The number of nitrogens with two attached hydrogens (primary N) is 1. The first-order chi connectivity index (χ1) is 23.9. The van der Waals surface area contributed by atoms with E-state index in [-0.39, 0.29) is 38.0 Å². The van der Waals surface area contributed by atoms with Crippen LogP contribution in [0, 0.1) is 5.41 Å². The monoisotopic (exact) mass is 727 g/mol. The van der Waals surface area contributed by atoms with E-state index in [1.165, 1.54) is 17.4 Å². The van der Waals surface area contributed by atoms with Crippen molar-refractivity contribution in [3.8, 4) is 0 Å². The van der Waals surface area contributed by atoms with Gasteiger partial charge in [-0.3, -0.25) is 14.4 Å². The lowest BCUT2D eigenvalue weighted by Gasteiger charge is -2.41. The molecule has 0 saturated carbocycles. The van der Waals surface area contributed by atoms with E-state index in [0.29, 0.717) is 0 Å². The first-order valence-corrected chi connectivity index (χ1v) is 17.1. The van der Waals surface area contributed by atoms with Gasteiger partial charge in [0.15, 0.2) is 0 Å². The molecule has 0 bridgehead atoms. The molecule has 0 saturated heterocycles. The number of hydrogen-bond acceptors (Lipinski definition) is 10. The summed E-state index contributed by atoms with van der Waals surface area (Å²) < 4.78 is 12.1. The molecular weight excluding hydrogens is 674 g/mol. The zero-order valence-electron chi connectivity index (χ0n) is 31.4. The van der Waals surface area contributed by atoms with Crippen molar-refractivity contribution in [3.63, 3.8) is 0 Å². The van der Waals surface area contributed by atoms with Gasteiger partial charge >= 0.3 is 18.2 Å². The third-order valence-corrected chi connectivity index (χ3v) is 8.02. The molecule has 16 heteroatoms. The van der Waals surface area contributed by atoms with Crippen molar-refractivity contribution < 1.29 is 43.3 Å². The van der Waals surface area contributed by atoms with Crippen molar-refractivity contribution in [2.45, 2.75) is 123 Å². The number of carboxylic acid groups (broad SMARTS) is 1. The number of primary amides is 1. The van der Waals surface area contributed by atoms with E-state index in [9.17, 15) is 33.9 Å². The number of amides is 4. The summed E-state index contributed by atoms with van der Waals surface area (Å²) in [5.41, 5.74) is 4.83. The van der Waals surface area contributed by atoms with Gasteiger partial charge in [-0.25, -0.2) is 23.9 Å². The van der Waals surface area contributed by atoms with Crippen molar-refractivity contribution in [1.29, 1.82) is 0 Å². The average molecular weight is 728 g/mol. The fraction of sp³-hybridized carbons (Fsp3) is 0.583. The van der Waals surface area contributed by atoms with Gasteiger partial charge in [0.25, 0.3) is 0 Å². The van der Waals surface area contributed by atoms with Gasteiger partial charge in [-0.05, 0) is 64.5 Å². The van der Waals surface area contributed by atoms with Gasteiger partial charge in [-0.15, -0.1) is 0 Å². The zero-order chi connectivity index (χ0) is 39.2. The largest absolute Gasteiger partial charge is 0.480 e. The lowest BCUT2D eigenvalue weighted by molar-refractivity contribution is -0.147. The fourth-order valence-corrected chi connectivity index (χ4v) is 5.58. The van der Waals surface area contributed by atoms with Crippen LogP contribution in [0.5, 0.6) is 0 Å². The van der Waals surface area contributed by atoms with Crippen LogP contribution in [0.25, 0.3) is 0 Å². The number of alkyl carbamates (subject to hydrolysis) is 1. The minimum absolute atomic E-state index is 0.0479. The highest BCUT2D eigenvalue weighted by Gasteiger charge is 2.42. The molecule has 2 heterocycles. The minimum atomic E-state index is -1.40. The van der Waals surface area contributed by atoms with E-state index in [2.05, 4.69) is 20.9 Å². The standard InChI is InChI=1S/C36H53N7O9/c1-34(2,3)28(38-17-24(41-32(49)51-35(4,5)6)25-19-42(20-39-25)33(50)52-36(7,8)9)30(46)43-18-22-13-11-10-12-21(22)16-26(43)29(45)40-23(31(47)48)14-15-27(37)44/h10-13,19-20,23-24,26,28,38H,14-18H2,1-9H3,(H2,37,44)(H,40,45)(H,41,49)(H,47,48)/t23-,24?,26-,28+/m0/s1. The smallest absolute Gasteiger partial charge is 0.419 e. The van der Waals surface area contributed by atoms with Crippen molar-refractivity contribution in [1.82, 2.24) is 30.4 Å². The van der Waals surface area contributed by atoms with Crippen LogP contribution in [-0.2, 0) is 41.6 Å². The van der Waals surface area contributed by atoms with E-state index in [0.717, 1.165) is 15.7 Å². The van der Waals surface area contributed by atoms with Gasteiger partial charge in [0.2, 0.25) is 17.7 Å². The molecule has 1 aliphatic rings. The quantitative estimate of drug-likeness (QED) is 0.214. The molecule has 0 radical (unpaired) electrons. The first kappa shape index (κ1) is 41.4. The molecular formula is C36H53N7O9. The number of imidazole rings is 1. The molecule has 4 amide bonds. The van der Waals surface area contributed by atoms with E-state index >= 15 is 0 Å². The molecule has 52 heavy (non-hydrogen) atoms. The second-order valence-electron chi connectivity index (χ2n) is 16.0. The Hall–Kier alpha value is -4.99. The second kappa shape index (κ2) is 16.6. The maximum absolute atomic E-state index is 14.6. The van der Waals surface area contributed by atoms with Gasteiger partial charge in [0.1, 0.15) is 29.6 Å². The molecule has 2 aromatic rings. The summed E-state index contributed by atoms with van der Waals surface area (Å²) in [4.78, 5) is 83.2. The predicted molar refractivity (Wildman–Crippen MR) is 190 cm³/mol. The average Bonchev–Trinajstić information content (AvgIpc) is 3.50. The predicted octanol–water partition coefficient (Wildman–Crippen LogP) is 3.02. The number of rotatable bonds is 12. The molecule has 286 valence electrons. The Kier molecular flexibility index (Phi) is 13.2. The number of carboxylic acids is 1. The maximum Gasteiger partial charge on any atom is 0.419 e. The molecule has 16 nitrogen and oxygen atoms in total. The SMILES string of the molecule is CC(C)(C)OC(=O)NC(CN[C@H](C(=O)N1Cc2ccccc2C[C@H]1C(=O)N[C@@H](CCC(N)=O)C(=O)O)C(C)(C)C)c1cn(C(=O)OC(C)(C)C)cn1. The number of carbonyl (C=O) groups excluding carboxylic acids is 5. The number of fused-ring (bicyclic) bond motifs is 1. The number of hydrogen-bond donors (Lipinski definition) is 5. The van der Waals surface area contributed by atoms with E-state index in [1.54, 1.807) is 41.5 Å². The van der Waals surface area contributed by atoms with Gasteiger partial charge in [-0.1, -0.05) is 45.0 Å². The fourth-order valence-electron chi connectivity index (χ4n) is 5.58. The van der Waals surface area contributed by atoms with Gasteiger partial charge < -0.3 is 41.2 Å². The highest BCUT2D eigenvalue weighted by Crippen LogP contribution is 2.29.